The zero-order valence-electron chi connectivity index (χ0n) is 13.4. The minimum atomic E-state index is -0.628. The second-order valence-electron chi connectivity index (χ2n) is 6.20. The van der Waals surface area contributed by atoms with Gasteiger partial charge in [-0.25, -0.2) is 4.79 Å². The predicted octanol–water partition coefficient (Wildman–Crippen LogP) is 3.24. The third-order valence-corrected chi connectivity index (χ3v) is 4.17. The summed E-state index contributed by atoms with van der Waals surface area (Å²) in [5, 5.41) is 2.70. The van der Waals surface area contributed by atoms with Gasteiger partial charge in [-0.1, -0.05) is 37.0 Å². The van der Waals surface area contributed by atoms with Crippen LogP contribution >= 0.6 is 0 Å². The highest BCUT2D eigenvalue weighted by Gasteiger charge is 2.20. The average molecular weight is 303 g/mol. The number of nitrogens with one attached hydrogen (secondary N) is 1. The van der Waals surface area contributed by atoms with Crippen LogP contribution in [0.1, 0.15) is 54.9 Å². The number of hydrogen-bond donors (Lipinski definition) is 1. The first kappa shape index (κ1) is 16.5. The number of carbonyl (C=O) groups is 2. The highest BCUT2D eigenvalue weighted by atomic mass is 16.5. The molecular formula is C18H25NO3. The maximum atomic E-state index is 12.1. The first-order valence-corrected chi connectivity index (χ1v) is 8.10. The maximum Gasteiger partial charge on any atom is 0.328 e. The first-order valence-electron chi connectivity index (χ1n) is 8.10. The van der Waals surface area contributed by atoms with Gasteiger partial charge in [-0.2, -0.15) is 0 Å². The Labute approximate surface area is 132 Å². The van der Waals surface area contributed by atoms with Gasteiger partial charge in [0.25, 0.3) is 5.91 Å². The zero-order valence-corrected chi connectivity index (χ0v) is 13.4. The van der Waals surface area contributed by atoms with Gasteiger partial charge in [0, 0.05) is 5.56 Å². The molecule has 4 heteroatoms. The third-order valence-electron chi connectivity index (χ3n) is 4.17. The fraction of sp³-hybridized carbons (Fsp3) is 0.556. The van der Waals surface area contributed by atoms with Crippen LogP contribution in [0.15, 0.2) is 24.3 Å². The molecule has 2 rings (SSSR count). The molecule has 0 unspecified atom stereocenters. The number of rotatable bonds is 5. The van der Waals surface area contributed by atoms with Crippen molar-refractivity contribution in [3.63, 3.8) is 0 Å². The molecule has 1 N–H and O–H groups in total. The lowest BCUT2D eigenvalue weighted by Gasteiger charge is -2.22. The molecule has 0 aliphatic heterocycles. The Bertz CT molecular complexity index is 521. The summed E-state index contributed by atoms with van der Waals surface area (Å²) in [5.41, 5.74) is 1.58. The van der Waals surface area contributed by atoms with Crippen molar-refractivity contribution in [1.29, 1.82) is 0 Å². The molecule has 0 saturated heterocycles. The van der Waals surface area contributed by atoms with Crippen molar-refractivity contribution < 1.29 is 14.3 Å². The van der Waals surface area contributed by atoms with E-state index in [0.717, 1.165) is 18.4 Å². The molecule has 0 spiro atoms. The average Bonchev–Trinajstić information content (AvgIpc) is 2.53. The summed E-state index contributed by atoms with van der Waals surface area (Å²) in [6.07, 6.45) is 6.01. The number of hydrogen-bond acceptors (Lipinski definition) is 3. The van der Waals surface area contributed by atoms with Crippen LogP contribution in [0.5, 0.6) is 0 Å². The Hall–Kier alpha value is -1.84. The maximum absolute atomic E-state index is 12.1. The van der Waals surface area contributed by atoms with Crippen molar-refractivity contribution in [3.05, 3.63) is 35.4 Å². The molecule has 1 atom stereocenters. The van der Waals surface area contributed by atoms with Gasteiger partial charge in [0.05, 0.1) is 6.61 Å². The minimum Gasteiger partial charge on any atom is -0.464 e. The van der Waals surface area contributed by atoms with E-state index < -0.39 is 6.04 Å². The van der Waals surface area contributed by atoms with E-state index in [-0.39, 0.29) is 11.9 Å². The number of esters is 1. The fourth-order valence-corrected chi connectivity index (χ4v) is 2.80. The van der Waals surface area contributed by atoms with Crippen LogP contribution in [-0.4, -0.2) is 24.5 Å². The van der Waals surface area contributed by atoms with Crippen molar-refractivity contribution >= 4 is 11.9 Å². The van der Waals surface area contributed by atoms with Crippen molar-refractivity contribution in [2.75, 3.05) is 6.61 Å². The van der Waals surface area contributed by atoms with Crippen LogP contribution in [0, 0.1) is 12.8 Å². The molecule has 1 aromatic rings. The summed E-state index contributed by atoms with van der Waals surface area (Å²) >= 11 is 0. The van der Waals surface area contributed by atoms with Crippen LogP contribution < -0.4 is 5.32 Å². The quantitative estimate of drug-likeness (QED) is 0.850. The molecule has 0 radical (unpaired) electrons. The van der Waals surface area contributed by atoms with Gasteiger partial charge in [-0.3, -0.25) is 4.79 Å². The Morgan fingerprint density at radius 2 is 2.00 bits per heavy atom. The van der Waals surface area contributed by atoms with Crippen molar-refractivity contribution in [3.8, 4) is 0 Å². The standard InChI is InChI=1S/C18H25NO3/c1-13-7-6-10-16(11-13)17(20)19-14(2)18(21)22-12-15-8-4-3-5-9-15/h6-7,10-11,14-15H,3-5,8-9,12H2,1-2H3,(H,19,20)/t14-/m0/s1. The van der Waals surface area contributed by atoms with Gasteiger partial charge in [-0.05, 0) is 44.7 Å². The molecule has 0 aromatic heterocycles. The number of amides is 1. The molecular weight excluding hydrogens is 278 g/mol. The van der Waals surface area contributed by atoms with E-state index in [1.807, 2.05) is 19.1 Å². The molecule has 1 aliphatic carbocycles. The van der Waals surface area contributed by atoms with Crippen LogP contribution in [0.25, 0.3) is 0 Å². The topological polar surface area (TPSA) is 55.4 Å². The van der Waals surface area contributed by atoms with Gasteiger partial charge >= 0.3 is 5.97 Å². The molecule has 22 heavy (non-hydrogen) atoms. The largest absolute Gasteiger partial charge is 0.464 e. The lowest BCUT2D eigenvalue weighted by Crippen LogP contribution is -2.40. The summed E-state index contributed by atoms with van der Waals surface area (Å²) in [6, 6.07) is 6.67. The Balaban J connectivity index is 1.79. The van der Waals surface area contributed by atoms with E-state index in [2.05, 4.69) is 5.32 Å². The second-order valence-corrected chi connectivity index (χ2v) is 6.20. The van der Waals surface area contributed by atoms with Gasteiger partial charge in [0.2, 0.25) is 0 Å². The molecule has 1 fully saturated rings. The Morgan fingerprint density at radius 1 is 1.27 bits per heavy atom. The second kappa shape index (κ2) is 7.97. The molecule has 1 aliphatic rings. The Morgan fingerprint density at radius 3 is 2.68 bits per heavy atom. The number of carbonyl (C=O) groups excluding carboxylic acids is 2. The van der Waals surface area contributed by atoms with Gasteiger partial charge in [0.15, 0.2) is 0 Å². The summed E-state index contributed by atoms with van der Waals surface area (Å²) in [7, 11) is 0. The first-order chi connectivity index (χ1) is 10.6. The van der Waals surface area contributed by atoms with E-state index in [9.17, 15) is 9.59 Å². The van der Waals surface area contributed by atoms with Crippen molar-refractivity contribution in [1.82, 2.24) is 5.32 Å². The van der Waals surface area contributed by atoms with Crippen LogP contribution in [0.4, 0.5) is 0 Å². The predicted molar refractivity (Wildman–Crippen MR) is 85.6 cm³/mol. The van der Waals surface area contributed by atoms with Crippen LogP contribution in [0.2, 0.25) is 0 Å². The summed E-state index contributed by atoms with van der Waals surface area (Å²) in [6.45, 7) is 4.07. The molecule has 120 valence electrons. The highest BCUT2D eigenvalue weighted by molar-refractivity contribution is 5.96. The van der Waals surface area contributed by atoms with Gasteiger partial charge < -0.3 is 10.1 Å². The molecule has 1 aromatic carbocycles. The summed E-state index contributed by atoms with van der Waals surface area (Å²) in [4.78, 5) is 24.1. The SMILES string of the molecule is Cc1cccc(C(=O)N[C@@H](C)C(=O)OCC2CCCCC2)c1. The minimum absolute atomic E-state index is 0.245. The van der Waals surface area contributed by atoms with E-state index in [4.69, 9.17) is 4.74 Å². The van der Waals surface area contributed by atoms with E-state index in [0.29, 0.717) is 18.1 Å². The normalized spacial score (nSPS) is 16.8. The number of benzene rings is 1. The molecule has 0 heterocycles. The van der Waals surface area contributed by atoms with Crippen molar-refractivity contribution in [2.45, 2.75) is 52.0 Å². The lowest BCUT2D eigenvalue weighted by molar-refractivity contribution is -0.147. The number of aryl methyl sites for hydroxylation is 1. The van der Waals surface area contributed by atoms with Gasteiger partial charge in [0.1, 0.15) is 6.04 Å². The fourth-order valence-electron chi connectivity index (χ4n) is 2.80. The van der Waals surface area contributed by atoms with Crippen LogP contribution in [-0.2, 0) is 9.53 Å². The zero-order chi connectivity index (χ0) is 15.9. The number of ether oxygens (including phenoxy) is 1. The molecule has 1 saturated carbocycles. The summed E-state index contributed by atoms with van der Waals surface area (Å²) in [5.74, 6) is -0.116. The Kier molecular flexibility index (Phi) is 5.99. The molecule has 4 nitrogen and oxygen atoms in total. The molecule has 1 amide bonds. The van der Waals surface area contributed by atoms with Gasteiger partial charge in [-0.15, -0.1) is 0 Å². The monoisotopic (exact) mass is 303 g/mol. The third kappa shape index (κ3) is 4.86. The van der Waals surface area contributed by atoms with Crippen molar-refractivity contribution in [2.24, 2.45) is 5.92 Å². The lowest BCUT2D eigenvalue weighted by atomic mass is 9.90. The summed E-state index contributed by atoms with van der Waals surface area (Å²) < 4.78 is 5.35. The van der Waals surface area contributed by atoms with E-state index in [1.165, 1.54) is 19.3 Å². The van der Waals surface area contributed by atoms with E-state index in [1.54, 1.807) is 19.1 Å². The smallest absolute Gasteiger partial charge is 0.328 e. The highest BCUT2D eigenvalue weighted by Crippen LogP contribution is 2.23. The molecule has 0 bridgehead atoms. The van der Waals surface area contributed by atoms with E-state index >= 15 is 0 Å². The van der Waals surface area contributed by atoms with Crippen LogP contribution in [0.3, 0.4) is 0 Å².